The predicted octanol–water partition coefficient (Wildman–Crippen LogP) is 2.26. The largest absolute Gasteiger partial charge is 0.390 e. The lowest BCUT2D eigenvalue weighted by molar-refractivity contribution is 0.170. The summed E-state index contributed by atoms with van der Waals surface area (Å²) in [4.78, 5) is 0. The molecule has 1 saturated carbocycles. The molecule has 3 heteroatoms. The van der Waals surface area contributed by atoms with Gasteiger partial charge in [-0.15, -0.1) is 0 Å². The van der Waals surface area contributed by atoms with Gasteiger partial charge in [-0.1, -0.05) is 19.1 Å². The average Bonchev–Trinajstić information content (AvgIpc) is 2.61. The summed E-state index contributed by atoms with van der Waals surface area (Å²) in [6, 6.07) is 1.28. The van der Waals surface area contributed by atoms with E-state index >= 15 is 0 Å². The van der Waals surface area contributed by atoms with Gasteiger partial charge in [0.05, 0.1) is 13.7 Å². The van der Waals surface area contributed by atoms with Crippen LogP contribution >= 0.6 is 0 Å². The van der Waals surface area contributed by atoms with Crippen LogP contribution in [0.25, 0.3) is 0 Å². The molecule has 0 amide bonds. The van der Waals surface area contributed by atoms with Gasteiger partial charge in [0.2, 0.25) is 0 Å². The van der Waals surface area contributed by atoms with Crippen LogP contribution in [0.2, 0.25) is 24.7 Å². The van der Waals surface area contributed by atoms with E-state index in [1.165, 1.54) is 6.04 Å². The van der Waals surface area contributed by atoms with Gasteiger partial charge in [0.15, 0.2) is 0 Å². The molecule has 1 rings (SSSR count). The van der Waals surface area contributed by atoms with Crippen molar-refractivity contribution in [2.45, 2.75) is 50.0 Å². The smallest absolute Gasteiger partial charge is 0.0626 e. The predicted molar refractivity (Wildman–Crippen MR) is 57.8 cm³/mol. The van der Waals surface area contributed by atoms with Crippen molar-refractivity contribution in [3.05, 3.63) is 0 Å². The molecule has 2 atom stereocenters. The topological polar surface area (TPSA) is 29.5 Å². The highest BCUT2D eigenvalue weighted by atomic mass is 28.3. The molecule has 0 radical (unpaired) electrons. The molecule has 2 nitrogen and oxygen atoms in total. The van der Waals surface area contributed by atoms with Gasteiger partial charge >= 0.3 is 0 Å². The molecule has 1 aliphatic carbocycles. The van der Waals surface area contributed by atoms with Crippen molar-refractivity contribution < 1.29 is 9.84 Å². The Morgan fingerprint density at radius 3 is 2.46 bits per heavy atom. The second-order valence-corrected chi connectivity index (χ2v) is 10.4. The number of hydrogen-bond donors (Lipinski definition) is 1. The lowest BCUT2D eigenvalue weighted by Gasteiger charge is -2.23. The second kappa shape index (κ2) is 3.71. The second-order valence-electron chi connectivity index (χ2n) is 5.20. The number of aliphatic hydroxyl groups is 1. The summed E-state index contributed by atoms with van der Waals surface area (Å²) < 4.78 is 5.05. The van der Waals surface area contributed by atoms with Crippen molar-refractivity contribution in [2.75, 3.05) is 13.7 Å². The van der Waals surface area contributed by atoms with Crippen LogP contribution < -0.4 is 0 Å². The molecular weight excluding hydrogens is 180 g/mol. The Morgan fingerprint density at radius 1 is 1.54 bits per heavy atom. The molecule has 2 unspecified atom stereocenters. The fraction of sp³-hybridized carbons (Fsp3) is 1.00. The normalized spacial score (nSPS) is 33.5. The Labute approximate surface area is 82.3 Å². The average molecular weight is 202 g/mol. The molecule has 0 aliphatic heterocycles. The van der Waals surface area contributed by atoms with Crippen LogP contribution in [0.1, 0.15) is 19.8 Å². The minimum Gasteiger partial charge on any atom is -0.390 e. The van der Waals surface area contributed by atoms with Gasteiger partial charge in [0, 0.05) is 13.7 Å². The summed E-state index contributed by atoms with van der Waals surface area (Å²) in [5.74, 6) is 0. The van der Waals surface area contributed by atoms with E-state index in [1.807, 2.05) is 6.92 Å². The Bertz CT molecular complexity index is 178. The summed E-state index contributed by atoms with van der Waals surface area (Å²) in [5, 5.41) is 9.79. The maximum atomic E-state index is 9.79. The monoisotopic (exact) mass is 202 g/mol. The minimum atomic E-state index is -1.17. The molecule has 1 N–H and O–H groups in total. The maximum absolute atomic E-state index is 9.79. The van der Waals surface area contributed by atoms with Crippen molar-refractivity contribution in [1.82, 2.24) is 0 Å². The first-order valence-corrected chi connectivity index (χ1v) is 8.40. The van der Waals surface area contributed by atoms with Crippen molar-refractivity contribution in [1.29, 1.82) is 0 Å². The standard InChI is InChI=1S/C10H22O2Si/c1-10(11)8-9(10)13(3,4)7-5-6-12-2/h9,11H,5-8H2,1-4H3. The van der Waals surface area contributed by atoms with E-state index in [-0.39, 0.29) is 5.60 Å². The highest BCUT2D eigenvalue weighted by Gasteiger charge is 2.56. The first kappa shape index (κ1) is 11.2. The molecule has 1 fully saturated rings. The summed E-state index contributed by atoms with van der Waals surface area (Å²) in [6.07, 6.45) is 2.18. The van der Waals surface area contributed by atoms with Gasteiger partial charge in [0.25, 0.3) is 0 Å². The number of rotatable bonds is 5. The SMILES string of the molecule is COCCC[Si](C)(C)C1CC1(C)O. The molecule has 0 heterocycles. The number of methoxy groups -OCH3 is 1. The third-order valence-corrected chi connectivity index (χ3v) is 7.68. The number of hydrogen-bond acceptors (Lipinski definition) is 2. The molecule has 1 aliphatic rings. The highest BCUT2D eigenvalue weighted by molar-refractivity contribution is 6.79. The van der Waals surface area contributed by atoms with E-state index in [1.54, 1.807) is 7.11 Å². The third-order valence-electron chi connectivity index (χ3n) is 3.32. The van der Waals surface area contributed by atoms with Gasteiger partial charge in [-0.25, -0.2) is 0 Å². The maximum Gasteiger partial charge on any atom is 0.0626 e. The molecule has 0 aromatic rings. The van der Waals surface area contributed by atoms with Crippen molar-refractivity contribution in [2.24, 2.45) is 0 Å². The highest BCUT2D eigenvalue weighted by Crippen LogP contribution is 2.56. The van der Waals surface area contributed by atoms with E-state index in [9.17, 15) is 5.11 Å². The summed E-state index contributed by atoms with van der Waals surface area (Å²) in [6.45, 7) is 7.61. The summed E-state index contributed by atoms with van der Waals surface area (Å²) in [7, 11) is 0.580. The zero-order valence-electron chi connectivity index (χ0n) is 9.26. The summed E-state index contributed by atoms with van der Waals surface area (Å²) >= 11 is 0. The van der Waals surface area contributed by atoms with Crippen molar-refractivity contribution in [3.8, 4) is 0 Å². The lowest BCUT2D eigenvalue weighted by Crippen LogP contribution is -2.29. The Hall–Kier alpha value is 0.137. The van der Waals surface area contributed by atoms with E-state index in [4.69, 9.17) is 4.74 Å². The minimum absolute atomic E-state index is 0.331. The zero-order chi connectivity index (χ0) is 10.1. The van der Waals surface area contributed by atoms with E-state index in [2.05, 4.69) is 13.1 Å². The molecule has 13 heavy (non-hydrogen) atoms. The Kier molecular flexibility index (Phi) is 3.20. The van der Waals surface area contributed by atoms with Crippen molar-refractivity contribution >= 4 is 8.07 Å². The van der Waals surface area contributed by atoms with Gasteiger partial charge in [-0.3, -0.25) is 0 Å². The lowest BCUT2D eigenvalue weighted by atomic mass is 10.4. The Balaban J connectivity index is 2.30. The van der Waals surface area contributed by atoms with Gasteiger partial charge in [-0.05, 0) is 25.3 Å². The third kappa shape index (κ3) is 2.79. The first-order valence-electron chi connectivity index (χ1n) is 5.11. The first-order chi connectivity index (χ1) is 5.90. The van der Waals surface area contributed by atoms with E-state index in [0.717, 1.165) is 19.4 Å². The van der Waals surface area contributed by atoms with Crippen molar-refractivity contribution in [3.63, 3.8) is 0 Å². The molecule has 0 saturated heterocycles. The molecular formula is C10H22O2Si. The van der Waals surface area contributed by atoms with Crippen LogP contribution in [0.3, 0.4) is 0 Å². The molecule has 0 aromatic heterocycles. The van der Waals surface area contributed by atoms with Crippen LogP contribution in [0.4, 0.5) is 0 Å². The fourth-order valence-electron chi connectivity index (χ4n) is 2.32. The quantitative estimate of drug-likeness (QED) is 0.547. The van der Waals surface area contributed by atoms with Gasteiger partial charge < -0.3 is 9.84 Å². The zero-order valence-corrected chi connectivity index (χ0v) is 10.3. The summed E-state index contributed by atoms with van der Waals surface area (Å²) in [5.41, 5.74) is 0.292. The van der Waals surface area contributed by atoms with Crippen LogP contribution in [0.5, 0.6) is 0 Å². The fourth-order valence-corrected chi connectivity index (χ4v) is 6.37. The van der Waals surface area contributed by atoms with E-state index < -0.39 is 8.07 Å². The molecule has 0 aromatic carbocycles. The van der Waals surface area contributed by atoms with Crippen LogP contribution in [0.15, 0.2) is 0 Å². The van der Waals surface area contributed by atoms with Crippen LogP contribution in [0, 0.1) is 0 Å². The van der Waals surface area contributed by atoms with Gasteiger partial charge in [-0.2, -0.15) is 0 Å². The molecule has 0 bridgehead atoms. The van der Waals surface area contributed by atoms with Gasteiger partial charge in [0.1, 0.15) is 0 Å². The van der Waals surface area contributed by atoms with E-state index in [0.29, 0.717) is 5.54 Å². The molecule has 0 spiro atoms. The number of ether oxygens (including phenoxy) is 1. The Morgan fingerprint density at radius 2 is 2.08 bits per heavy atom. The van der Waals surface area contributed by atoms with Crippen LogP contribution in [-0.2, 0) is 4.74 Å². The van der Waals surface area contributed by atoms with Crippen LogP contribution in [-0.4, -0.2) is 32.5 Å². The molecule has 78 valence electrons.